The van der Waals surface area contributed by atoms with E-state index in [1.54, 1.807) is 4.90 Å². The van der Waals surface area contributed by atoms with E-state index in [0.29, 0.717) is 26.2 Å². The predicted octanol–water partition coefficient (Wildman–Crippen LogP) is 1.08. The Morgan fingerprint density at radius 1 is 1.24 bits per heavy atom. The molecular formula is C20H29N3O6. The number of hydrogen-bond donors (Lipinski definition) is 2. The summed E-state index contributed by atoms with van der Waals surface area (Å²) < 4.78 is 12.6. The number of carbonyl (C=O) groups is 2. The van der Waals surface area contributed by atoms with Gasteiger partial charge in [-0.15, -0.1) is 0 Å². The van der Waals surface area contributed by atoms with Crippen molar-refractivity contribution in [3.05, 3.63) is 27.7 Å². The molecule has 0 spiro atoms. The highest BCUT2D eigenvalue weighted by molar-refractivity contribution is 5.99. The summed E-state index contributed by atoms with van der Waals surface area (Å²) in [4.78, 5) is 39.3. The molecular weight excluding hydrogens is 378 g/mol. The highest BCUT2D eigenvalue weighted by Gasteiger charge is 2.41. The molecule has 2 saturated heterocycles. The summed E-state index contributed by atoms with van der Waals surface area (Å²) in [5.74, 6) is -1.74. The van der Waals surface area contributed by atoms with E-state index in [-0.39, 0.29) is 29.9 Å². The Hall–Kier alpha value is -2.39. The first-order valence-electron chi connectivity index (χ1n) is 10.3. The normalized spacial score (nSPS) is 25.6. The van der Waals surface area contributed by atoms with Crippen LogP contribution in [-0.4, -0.2) is 64.5 Å². The van der Waals surface area contributed by atoms with Crippen LogP contribution in [0.5, 0.6) is 5.75 Å². The molecule has 29 heavy (non-hydrogen) atoms. The molecule has 4 rings (SSSR count). The van der Waals surface area contributed by atoms with E-state index >= 15 is 0 Å². The van der Waals surface area contributed by atoms with E-state index in [0.717, 1.165) is 12.8 Å². The fraction of sp³-hybridized carbons (Fsp3) is 0.650. The molecule has 1 aromatic rings. The molecule has 1 aromatic heterocycles. The molecule has 3 aliphatic rings. The van der Waals surface area contributed by atoms with Crippen LogP contribution in [0.4, 0.5) is 0 Å². The molecule has 1 unspecified atom stereocenters. The van der Waals surface area contributed by atoms with Crippen molar-refractivity contribution in [2.45, 2.75) is 65.0 Å². The maximum atomic E-state index is 12.8. The average molecular weight is 407 g/mol. The van der Waals surface area contributed by atoms with Crippen LogP contribution in [0, 0.1) is 0 Å². The summed E-state index contributed by atoms with van der Waals surface area (Å²) in [6.07, 6.45) is 3.29. The fourth-order valence-electron chi connectivity index (χ4n) is 3.93. The Balaban J connectivity index is 0.00000117. The van der Waals surface area contributed by atoms with Crippen molar-refractivity contribution in [1.29, 1.82) is 0 Å². The molecule has 9 heteroatoms. The number of aromatic hydroxyl groups is 1. The molecule has 0 aliphatic carbocycles. The molecule has 2 amide bonds. The number of nitrogens with zero attached hydrogens (tertiary/aromatic N) is 2. The van der Waals surface area contributed by atoms with Gasteiger partial charge in [0.2, 0.25) is 5.43 Å². The molecule has 0 radical (unpaired) electrons. The lowest BCUT2D eigenvalue weighted by Gasteiger charge is -2.44. The van der Waals surface area contributed by atoms with Crippen LogP contribution in [0.1, 0.15) is 60.9 Å². The predicted molar refractivity (Wildman–Crippen MR) is 105 cm³/mol. The number of amides is 2. The van der Waals surface area contributed by atoms with E-state index in [1.807, 2.05) is 20.8 Å². The van der Waals surface area contributed by atoms with E-state index in [1.165, 1.54) is 10.8 Å². The Morgan fingerprint density at radius 2 is 2.00 bits per heavy atom. The van der Waals surface area contributed by atoms with Crippen molar-refractivity contribution in [2.75, 3.05) is 19.8 Å². The third-order valence-corrected chi connectivity index (χ3v) is 5.44. The van der Waals surface area contributed by atoms with E-state index < -0.39 is 29.2 Å². The first kappa shape index (κ1) is 21.3. The van der Waals surface area contributed by atoms with Crippen molar-refractivity contribution in [2.24, 2.45) is 0 Å². The minimum Gasteiger partial charge on any atom is -0.503 e. The Bertz CT molecular complexity index is 830. The van der Waals surface area contributed by atoms with Crippen LogP contribution in [0.25, 0.3) is 0 Å². The zero-order chi connectivity index (χ0) is 21.1. The Labute approximate surface area is 169 Å². The van der Waals surface area contributed by atoms with Gasteiger partial charge < -0.3 is 29.4 Å². The maximum Gasteiger partial charge on any atom is 0.276 e. The largest absolute Gasteiger partial charge is 0.503 e. The monoisotopic (exact) mass is 407 g/mol. The number of carbonyl (C=O) groups excluding carboxylic acids is 2. The number of nitrogens with one attached hydrogen (secondary N) is 1. The van der Waals surface area contributed by atoms with Gasteiger partial charge in [-0.3, -0.25) is 14.4 Å². The van der Waals surface area contributed by atoms with Gasteiger partial charge in [-0.1, -0.05) is 13.8 Å². The van der Waals surface area contributed by atoms with Crippen LogP contribution in [0.2, 0.25) is 0 Å². The second-order valence-corrected chi connectivity index (χ2v) is 7.24. The number of pyridine rings is 1. The Morgan fingerprint density at radius 3 is 2.69 bits per heavy atom. The van der Waals surface area contributed by atoms with Crippen LogP contribution in [0.3, 0.4) is 0 Å². The smallest absolute Gasteiger partial charge is 0.276 e. The summed E-state index contributed by atoms with van der Waals surface area (Å²) in [6.45, 7) is 7.67. The molecule has 2 N–H and O–H groups in total. The van der Waals surface area contributed by atoms with E-state index in [4.69, 9.17) is 9.47 Å². The molecule has 2 fully saturated rings. The average Bonchev–Trinajstić information content (AvgIpc) is 3.24. The van der Waals surface area contributed by atoms with Crippen LogP contribution < -0.4 is 10.7 Å². The number of hydrogen-bond acceptors (Lipinski definition) is 6. The van der Waals surface area contributed by atoms with Gasteiger partial charge in [0, 0.05) is 25.4 Å². The van der Waals surface area contributed by atoms with Crippen molar-refractivity contribution in [3.8, 4) is 5.75 Å². The van der Waals surface area contributed by atoms with Gasteiger partial charge >= 0.3 is 0 Å². The highest BCUT2D eigenvalue weighted by Crippen LogP contribution is 2.29. The third kappa shape index (κ3) is 4.02. The van der Waals surface area contributed by atoms with Crippen LogP contribution in [0.15, 0.2) is 11.0 Å². The SMILES string of the molecule is CC.C[C@@H]1CCOC2Cn3cc(C(=O)NC[C@@H]4CCCO4)c(=O)c(O)c3C(=O)N21. The van der Waals surface area contributed by atoms with E-state index in [2.05, 4.69) is 5.32 Å². The summed E-state index contributed by atoms with van der Waals surface area (Å²) in [5.41, 5.74) is -1.13. The van der Waals surface area contributed by atoms with Crippen molar-refractivity contribution >= 4 is 11.8 Å². The lowest BCUT2D eigenvalue weighted by Crippen LogP contribution is -2.57. The molecule has 4 heterocycles. The van der Waals surface area contributed by atoms with E-state index in [9.17, 15) is 19.5 Å². The maximum absolute atomic E-state index is 12.8. The molecule has 0 bridgehead atoms. The third-order valence-electron chi connectivity index (χ3n) is 5.44. The quantitative estimate of drug-likeness (QED) is 0.776. The zero-order valence-electron chi connectivity index (χ0n) is 17.1. The lowest BCUT2D eigenvalue weighted by atomic mass is 10.1. The van der Waals surface area contributed by atoms with Crippen molar-refractivity contribution < 1.29 is 24.2 Å². The minimum absolute atomic E-state index is 0.0473. The number of rotatable bonds is 3. The van der Waals surface area contributed by atoms with Gasteiger partial charge in [-0.25, -0.2) is 0 Å². The zero-order valence-corrected chi connectivity index (χ0v) is 17.1. The van der Waals surface area contributed by atoms with Crippen LogP contribution in [-0.2, 0) is 16.0 Å². The number of fused-ring (bicyclic) bond motifs is 2. The number of aromatic nitrogens is 1. The van der Waals surface area contributed by atoms with Gasteiger partial charge in [-0.2, -0.15) is 0 Å². The summed E-state index contributed by atoms with van der Waals surface area (Å²) in [7, 11) is 0. The second kappa shape index (κ2) is 8.96. The van der Waals surface area contributed by atoms with Crippen molar-refractivity contribution in [1.82, 2.24) is 14.8 Å². The number of ether oxygens (including phenoxy) is 2. The van der Waals surface area contributed by atoms with Crippen molar-refractivity contribution in [3.63, 3.8) is 0 Å². The molecule has 0 aromatic carbocycles. The van der Waals surface area contributed by atoms with Gasteiger partial charge in [-0.05, 0) is 26.2 Å². The molecule has 0 saturated carbocycles. The highest BCUT2D eigenvalue weighted by atomic mass is 16.5. The molecule has 3 aliphatic heterocycles. The summed E-state index contributed by atoms with van der Waals surface area (Å²) >= 11 is 0. The second-order valence-electron chi connectivity index (χ2n) is 7.24. The standard InChI is InChI=1S/C18H23N3O6.C2H6/c1-10-4-6-27-13-9-20-8-12(17(24)19-7-11-3-2-5-26-11)15(22)16(23)14(20)18(25)21(10)13;1-2/h8,10-11,13,23H,2-7,9H2,1H3,(H,19,24);1-2H3/t10-,11+,13?;/m1./s1. The van der Waals surface area contributed by atoms with Crippen LogP contribution >= 0.6 is 0 Å². The summed E-state index contributed by atoms with van der Waals surface area (Å²) in [5, 5.41) is 13.0. The molecule has 160 valence electrons. The van der Waals surface area contributed by atoms with Gasteiger partial charge in [0.15, 0.2) is 17.7 Å². The van der Waals surface area contributed by atoms with Gasteiger partial charge in [0.05, 0.1) is 19.3 Å². The fourth-order valence-corrected chi connectivity index (χ4v) is 3.93. The van der Waals surface area contributed by atoms with Gasteiger partial charge in [0.1, 0.15) is 5.56 Å². The Kier molecular flexibility index (Phi) is 6.59. The molecule has 9 nitrogen and oxygen atoms in total. The summed E-state index contributed by atoms with van der Waals surface area (Å²) in [6, 6.07) is -0.0473. The first-order valence-corrected chi connectivity index (χ1v) is 10.3. The minimum atomic E-state index is -0.844. The topological polar surface area (TPSA) is 110 Å². The van der Waals surface area contributed by atoms with Gasteiger partial charge in [0.25, 0.3) is 11.8 Å². The lowest BCUT2D eigenvalue weighted by molar-refractivity contribution is -0.112. The first-order chi connectivity index (χ1) is 14.0. The molecule has 3 atom stereocenters.